The summed E-state index contributed by atoms with van der Waals surface area (Å²) in [5, 5.41) is 0. The first-order valence-corrected chi connectivity index (χ1v) is 4.02. The molecule has 0 fully saturated rings. The van der Waals surface area contributed by atoms with Crippen LogP contribution in [0.4, 0.5) is 0 Å². The van der Waals surface area contributed by atoms with Crippen molar-refractivity contribution in [3.63, 3.8) is 0 Å². The standard InChI is InChI=1S/C5H15NS/c1-3-4-5-7-6-2/h6H,3-5,7H2,1-2H3. The smallest absolute Gasteiger partial charge is 0.00761 e. The lowest BCUT2D eigenvalue weighted by molar-refractivity contribution is 0.894. The third-order valence-electron chi connectivity index (χ3n) is 0.832. The molecule has 1 N–H and O–H groups in total. The fourth-order valence-corrected chi connectivity index (χ4v) is 1.17. The van der Waals surface area contributed by atoms with Crippen LogP contribution in [0.1, 0.15) is 19.8 Å². The zero-order valence-electron chi connectivity index (χ0n) is 5.12. The Morgan fingerprint density at radius 2 is 2.29 bits per heavy atom. The van der Waals surface area contributed by atoms with Crippen molar-refractivity contribution in [1.82, 2.24) is 4.72 Å². The Hall–Kier alpha value is 0.310. The van der Waals surface area contributed by atoms with Gasteiger partial charge >= 0.3 is 0 Å². The van der Waals surface area contributed by atoms with Gasteiger partial charge in [-0.3, -0.25) is 4.72 Å². The van der Waals surface area contributed by atoms with Crippen LogP contribution in [-0.4, -0.2) is 12.8 Å². The molecule has 46 valence electrons. The van der Waals surface area contributed by atoms with E-state index in [1.54, 1.807) is 0 Å². The van der Waals surface area contributed by atoms with E-state index in [0.29, 0.717) is 0 Å². The van der Waals surface area contributed by atoms with E-state index in [-0.39, 0.29) is 0 Å². The minimum atomic E-state index is 0.972. The van der Waals surface area contributed by atoms with Crippen LogP contribution in [0.15, 0.2) is 0 Å². The number of unbranched alkanes of at least 4 members (excludes halogenated alkanes) is 1. The Morgan fingerprint density at radius 3 is 2.71 bits per heavy atom. The highest BCUT2D eigenvalue weighted by molar-refractivity contribution is 7.97. The van der Waals surface area contributed by atoms with Gasteiger partial charge in [0.05, 0.1) is 0 Å². The molecule has 0 rings (SSSR count). The molecular formula is C5H15NS. The third-order valence-corrected chi connectivity index (χ3v) is 1.79. The molecule has 0 saturated heterocycles. The summed E-state index contributed by atoms with van der Waals surface area (Å²) in [5.74, 6) is 1.35. The summed E-state index contributed by atoms with van der Waals surface area (Å²) in [5.41, 5.74) is 0. The zero-order valence-corrected chi connectivity index (χ0v) is 6.12. The number of rotatable bonds is 4. The van der Waals surface area contributed by atoms with Crippen LogP contribution >= 0.6 is 11.9 Å². The number of hydrogen-bond acceptors (Lipinski definition) is 1. The molecule has 0 aromatic heterocycles. The van der Waals surface area contributed by atoms with E-state index < -0.39 is 0 Å². The van der Waals surface area contributed by atoms with Crippen LogP contribution in [-0.2, 0) is 0 Å². The van der Waals surface area contributed by atoms with Gasteiger partial charge in [-0.25, -0.2) is 11.9 Å². The molecule has 0 radical (unpaired) electrons. The van der Waals surface area contributed by atoms with Crippen LogP contribution in [0.2, 0.25) is 0 Å². The van der Waals surface area contributed by atoms with Crippen molar-refractivity contribution in [2.75, 3.05) is 12.8 Å². The van der Waals surface area contributed by atoms with Gasteiger partial charge in [-0.2, -0.15) is 0 Å². The average Bonchev–Trinajstić information content (AvgIpc) is 1.69. The third kappa shape index (κ3) is 6.31. The van der Waals surface area contributed by atoms with Gasteiger partial charge < -0.3 is 0 Å². The van der Waals surface area contributed by atoms with Crippen molar-refractivity contribution in [3.8, 4) is 0 Å². The second-order valence-corrected chi connectivity index (χ2v) is 2.88. The van der Waals surface area contributed by atoms with Gasteiger partial charge in [0.2, 0.25) is 0 Å². The Bertz CT molecular complexity index is 27.3. The van der Waals surface area contributed by atoms with E-state index in [0.717, 1.165) is 11.9 Å². The monoisotopic (exact) mass is 121 g/mol. The lowest BCUT2D eigenvalue weighted by Crippen LogP contribution is -1.92. The van der Waals surface area contributed by atoms with Gasteiger partial charge in [0.15, 0.2) is 0 Å². The second kappa shape index (κ2) is 6.31. The summed E-state index contributed by atoms with van der Waals surface area (Å²) in [7, 11) is 2.01. The molecule has 0 atom stereocenters. The molecule has 0 heterocycles. The lowest BCUT2D eigenvalue weighted by Gasteiger charge is -1.97. The van der Waals surface area contributed by atoms with Crippen molar-refractivity contribution in [2.45, 2.75) is 19.8 Å². The van der Waals surface area contributed by atoms with Crippen molar-refractivity contribution < 1.29 is 0 Å². The molecule has 0 aliphatic carbocycles. The van der Waals surface area contributed by atoms with Crippen molar-refractivity contribution >= 4 is 11.9 Å². The summed E-state index contributed by atoms with van der Waals surface area (Å²) in [6.45, 7) is 2.22. The highest BCUT2D eigenvalue weighted by Gasteiger charge is 1.76. The molecule has 2 heteroatoms. The van der Waals surface area contributed by atoms with Crippen LogP contribution < -0.4 is 4.72 Å². The lowest BCUT2D eigenvalue weighted by atomic mass is 10.4. The van der Waals surface area contributed by atoms with E-state index in [9.17, 15) is 0 Å². The molecule has 0 aliphatic rings. The van der Waals surface area contributed by atoms with E-state index in [4.69, 9.17) is 0 Å². The average molecular weight is 121 g/mol. The van der Waals surface area contributed by atoms with E-state index in [1.165, 1.54) is 18.6 Å². The molecule has 0 bridgehead atoms. The van der Waals surface area contributed by atoms with E-state index in [1.807, 2.05) is 7.05 Å². The maximum absolute atomic E-state index is 3.13. The molecule has 0 spiro atoms. The van der Waals surface area contributed by atoms with Crippen LogP contribution in [0, 0.1) is 0 Å². The summed E-state index contributed by atoms with van der Waals surface area (Å²) >= 11 is 0.972. The Morgan fingerprint density at radius 1 is 1.57 bits per heavy atom. The van der Waals surface area contributed by atoms with E-state index in [2.05, 4.69) is 11.6 Å². The zero-order chi connectivity index (χ0) is 5.54. The largest absolute Gasteiger partial charge is 0.289 e. The molecule has 0 unspecified atom stereocenters. The van der Waals surface area contributed by atoms with E-state index >= 15 is 0 Å². The Balaban J connectivity index is 2.45. The molecule has 0 saturated carbocycles. The quantitative estimate of drug-likeness (QED) is 0.550. The number of hydrogen-bond donors (Lipinski definition) is 1. The minimum absolute atomic E-state index is 0.972. The van der Waals surface area contributed by atoms with Crippen LogP contribution in [0.3, 0.4) is 0 Å². The topological polar surface area (TPSA) is 12.0 Å². The predicted molar refractivity (Wildman–Crippen MR) is 39.2 cm³/mol. The maximum Gasteiger partial charge on any atom is -0.00761 e. The maximum atomic E-state index is 3.13. The highest BCUT2D eigenvalue weighted by Crippen LogP contribution is 1.96. The van der Waals surface area contributed by atoms with Gasteiger partial charge in [0.1, 0.15) is 0 Å². The van der Waals surface area contributed by atoms with Gasteiger partial charge in [-0.15, -0.1) is 0 Å². The summed E-state index contributed by atoms with van der Waals surface area (Å²) in [6.07, 6.45) is 2.70. The van der Waals surface area contributed by atoms with Crippen molar-refractivity contribution in [3.05, 3.63) is 0 Å². The molecule has 1 nitrogen and oxygen atoms in total. The Labute approximate surface area is 50.0 Å². The molecular weight excluding hydrogens is 106 g/mol. The normalized spacial score (nSPS) is 12.3. The van der Waals surface area contributed by atoms with Crippen LogP contribution in [0.25, 0.3) is 0 Å². The van der Waals surface area contributed by atoms with Gasteiger partial charge in [0.25, 0.3) is 0 Å². The molecule has 0 amide bonds. The first kappa shape index (κ1) is 7.31. The molecule has 0 aliphatic heterocycles. The fraction of sp³-hybridized carbons (Fsp3) is 1.00. The summed E-state index contributed by atoms with van der Waals surface area (Å²) < 4.78 is 3.13. The van der Waals surface area contributed by atoms with Crippen molar-refractivity contribution in [1.29, 1.82) is 0 Å². The predicted octanol–water partition coefficient (Wildman–Crippen LogP) is 1.12. The SMILES string of the molecule is CCCC[SH2]NC. The fourth-order valence-electron chi connectivity index (χ4n) is 0.390. The van der Waals surface area contributed by atoms with Gasteiger partial charge in [-0.05, 0) is 19.2 Å². The van der Waals surface area contributed by atoms with Gasteiger partial charge in [0, 0.05) is 0 Å². The second-order valence-electron chi connectivity index (χ2n) is 1.53. The first-order chi connectivity index (χ1) is 3.41. The summed E-state index contributed by atoms with van der Waals surface area (Å²) in [4.78, 5) is 0. The molecule has 0 aromatic rings. The molecule has 7 heavy (non-hydrogen) atoms. The molecule has 0 aromatic carbocycles. The van der Waals surface area contributed by atoms with Crippen LogP contribution in [0.5, 0.6) is 0 Å². The number of nitrogens with one attached hydrogen (secondary N) is 1. The van der Waals surface area contributed by atoms with Crippen molar-refractivity contribution in [2.24, 2.45) is 0 Å². The summed E-state index contributed by atoms with van der Waals surface area (Å²) in [6, 6.07) is 0. The Kier molecular flexibility index (Phi) is 6.59. The highest BCUT2D eigenvalue weighted by atomic mass is 32.2. The first-order valence-electron chi connectivity index (χ1n) is 2.81. The minimum Gasteiger partial charge on any atom is -0.289 e. The van der Waals surface area contributed by atoms with Gasteiger partial charge in [-0.1, -0.05) is 13.3 Å².